The molecule has 0 atom stereocenters. The summed E-state index contributed by atoms with van der Waals surface area (Å²) < 4.78 is 0. The molecule has 3 aromatic rings. The highest BCUT2D eigenvalue weighted by Crippen LogP contribution is 2.36. The molecule has 0 spiro atoms. The van der Waals surface area contributed by atoms with Crippen LogP contribution in [0.5, 0.6) is 0 Å². The lowest BCUT2D eigenvalue weighted by Gasteiger charge is -2.18. The van der Waals surface area contributed by atoms with Crippen LogP contribution in [-0.2, 0) is 0 Å². The van der Waals surface area contributed by atoms with Gasteiger partial charge in [0.15, 0.2) is 0 Å². The number of anilines is 2. The van der Waals surface area contributed by atoms with Gasteiger partial charge in [0.1, 0.15) is 5.82 Å². The summed E-state index contributed by atoms with van der Waals surface area (Å²) in [6.07, 6.45) is 7.23. The zero-order valence-electron chi connectivity index (χ0n) is 17.5. The van der Waals surface area contributed by atoms with Gasteiger partial charge in [-0.05, 0) is 61.6 Å². The predicted molar refractivity (Wildman–Crippen MR) is 125 cm³/mol. The Bertz CT molecular complexity index is 1140. The van der Waals surface area contributed by atoms with E-state index in [1.807, 2.05) is 25.1 Å². The van der Waals surface area contributed by atoms with Crippen LogP contribution < -0.4 is 11.5 Å². The van der Waals surface area contributed by atoms with Gasteiger partial charge in [-0.1, -0.05) is 66.6 Å². The van der Waals surface area contributed by atoms with Gasteiger partial charge in [0.05, 0.1) is 5.52 Å². The first kappa shape index (κ1) is 20.3. The van der Waals surface area contributed by atoms with E-state index in [0.29, 0.717) is 5.82 Å². The van der Waals surface area contributed by atoms with Crippen molar-refractivity contribution in [1.29, 1.82) is 0 Å². The van der Waals surface area contributed by atoms with Crippen molar-refractivity contribution in [2.24, 2.45) is 0 Å². The molecule has 2 aromatic carbocycles. The smallest absolute Gasteiger partial charge is 0.222 e. The summed E-state index contributed by atoms with van der Waals surface area (Å²) >= 11 is 0. The third-order valence-corrected chi connectivity index (χ3v) is 5.04. The molecule has 148 valence electrons. The van der Waals surface area contributed by atoms with E-state index in [1.165, 1.54) is 22.3 Å². The van der Waals surface area contributed by atoms with Crippen LogP contribution in [0.2, 0.25) is 0 Å². The average Bonchev–Trinajstić information content (AvgIpc) is 2.70. The first-order valence-electron chi connectivity index (χ1n) is 9.87. The zero-order chi connectivity index (χ0) is 21.0. The number of nitrogens with two attached hydrogens (primary N) is 2. The Morgan fingerprint density at radius 3 is 2.52 bits per heavy atom. The Balaban J connectivity index is 2.28. The Morgan fingerprint density at radius 2 is 1.83 bits per heavy atom. The highest BCUT2D eigenvalue weighted by molar-refractivity contribution is 6.08. The molecular formula is C25H28N4. The van der Waals surface area contributed by atoms with Crippen molar-refractivity contribution in [2.45, 2.75) is 34.1 Å². The third-order valence-electron chi connectivity index (χ3n) is 5.04. The summed E-state index contributed by atoms with van der Waals surface area (Å²) in [5, 5.41) is 0.807. The summed E-state index contributed by atoms with van der Waals surface area (Å²) in [4.78, 5) is 8.47. The van der Waals surface area contributed by atoms with Gasteiger partial charge in [0.25, 0.3) is 0 Å². The highest BCUT2D eigenvalue weighted by atomic mass is 15.0. The number of rotatable bonds is 5. The van der Waals surface area contributed by atoms with Crippen molar-refractivity contribution >= 4 is 33.8 Å². The maximum absolute atomic E-state index is 6.03. The summed E-state index contributed by atoms with van der Waals surface area (Å²) in [6.45, 7) is 8.52. The second kappa shape index (κ2) is 8.74. The Kier molecular flexibility index (Phi) is 6.13. The molecule has 0 fully saturated rings. The monoisotopic (exact) mass is 384 g/mol. The van der Waals surface area contributed by atoms with Crippen LogP contribution in [0.4, 0.5) is 11.8 Å². The molecule has 29 heavy (non-hydrogen) atoms. The third kappa shape index (κ3) is 4.37. The topological polar surface area (TPSA) is 77.8 Å². The highest BCUT2D eigenvalue weighted by Gasteiger charge is 2.15. The minimum Gasteiger partial charge on any atom is -0.383 e. The molecule has 0 saturated carbocycles. The molecule has 4 nitrogen and oxygen atoms in total. The van der Waals surface area contributed by atoms with Crippen LogP contribution in [0.1, 0.15) is 43.9 Å². The number of nitrogens with zero attached hydrogens (tertiary/aromatic N) is 2. The molecule has 0 aliphatic heterocycles. The number of nitrogen functional groups attached to an aromatic ring is 2. The fraction of sp³-hybridized carbons (Fsp3) is 0.200. The van der Waals surface area contributed by atoms with Gasteiger partial charge < -0.3 is 11.5 Å². The normalized spacial score (nSPS) is 13.2. The summed E-state index contributed by atoms with van der Waals surface area (Å²) in [6, 6.07) is 14.7. The largest absolute Gasteiger partial charge is 0.383 e. The molecule has 0 unspecified atom stereocenters. The molecule has 4 heteroatoms. The Hall–Kier alpha value is -3.40. The summed E-state index contributed by atoms with van der Waals surface area (Å²) in [5.41, 5.74) is 19.8. The van der Waals surface area contributed by atoms with Crippen LogP contribution in [0.15, 0.2) is 66.3 Å². The maximum atomic E-state index is 6.03. The van der Waals surface area contributed by atoms with Crippen molar-refractivity contribution in [2.75, 3.05) is 11.5 Å². The molecule has 0 saturated heterocycles. The van der Waals surface area contributed by atoms with E-state index in [9.17, 15) is 0 Å². The van der Waals surface area contributed by atoms with Crippen LogP contribution in [0.25, 0.3) is 22.0 Å². The number of aryl methyl sites for hydroxylation is 1. The summed E-state index contributed by atoms with van der Waals surface area (Å²) in [5.74, 6) is 0.586. The van der Waals surface area contributed by atoms with E-state index in [4.69, 9.17) is 11.5 Å². The average molecular weight is 385 g/mol. The van der Waals surface area contributed by atoms with Gasteiger partial charge >= 0.3 is 0 Å². The second-order valence-electron chi connectivity index (χ2n) is 7.18. The van der Waals surface area contributed by atoms with Gasteiger partial charge in [-0.15, -0.1) is 0 Å². The maximum Gasteiger partial charge on any atom is 0.222 e. The standard InChI is InChI=1S/C25H28N4/c1-5-7-11-20(23(17(4)6-2)19-10-8-9-16(3)14-19)18-12-13-21-22(15-18)28-25(27)29-24(21)26/h5,7-15H,6H2,1-4H3,(H4,26,27,28,29)/b7-5-,20-11-,23-17+. The summed E-state index contributed by atoms with van der Waals surface area (Å²) in [7, 11) is 0. The molecular weight excluding hydrogens is 356 g/mol. The molecule has 0 bridgehead atoms. The van der Waals surface area contributed by atoms with Gasteiger partial charge in [-0.3, -0.25) is 0 Å². The Morgan fingerprint density at radius 1 is 1.03 bits per heavy atom. The zero-order valence-corrected chi connectivity index (χ0v) is 17.5. The minimum atomic E-state index is 0.185. The van der Waals surface area contributed by atoms with Gasteiger partial charge in [0.2, 0.25) is 5.95 Å². The molecule has 4 N–H and O–H groups in total. The van der Waals surface area contributed by atoms with E-state index >= 15 is 0 Å². The first-order valence-corrected chi connectivity index (χ1v) is 9.87. The van der Waals surface area contributed by atoms with Crippen LogP contribution in [-0.4, -0.2) is 9.97 Å². The molecule has 1 aromatic heterocycles. The van der Waals surface area contributed by atoms with Gasteiger partial charge in [0, 0.05) is 5.39 Å². The quantitative estimate of drug-likeness (QED) is 0.533. The number of hydrogen-bond acceptors (Lipinski definition) is 4. The van der Waals surface area contributed by atoms with Crippen molar-refractivity contribution in [1.82, 2.24) is 9.97 Å². The Labute approximate surface area is 172 Å². The van der Waals surface area contributed by atoms with Crippen LogP contribution in [0.3, 0.4) is 0 Å². The fourth-order valence-corrected chi connectivity index (χ4v) is 3.47. The van der Waals surface area contributed by atoms with Gasteiger partial charge in [-0.25, -0.2) is 4.98 Å². The second-order valence-corrected chi connectivity index (χ2v) is 7.18. The van der Waals surface area contributed by atoms with E-state index in [2.05, 4.69) is 73.2 Å². The molecule has 3 rings (SSSR count). The minimum absolute atomic E-state index is 0.185. The number of benzene rings is 2. The molecule has 0 amide bonds. The number of fused-ring (bicyclic) bond motifs is 1. The molecule has 0 aliphatic carbocycles. The van der Waals surface area contributed by atoms with Crippen LogP contribution >= 0.6 is 0 Å². The van der Waals surface area contributed by atoms with Crippen molar-refractivity contribution < 1.29 is 0 Å². The number of hydrogen-bond donors (Lipinski definition) is 2. The van der Waals surface area contributed by atoms with Crippen molar-refractivity contribution in [3.05, 3.63) is 83.0 Å². The lowest BCUT2D eigenvalue weighted by Crippen LogP contribution is -2.01. The van der Waals surface area contributed by atoms with E-state index in [-0.39, 0.29) is 5.95 Å². The van der Waals surface area contributed by atoms with Crippen LogP contribution in [0, 0.1) is 6.92 Å². The molecule has 1 heterocycles. The lowest BCUT2D eigenvalue weighted by molar-refractivity contribution is 1.11. The predicted octanol–water partition coefficient (Wildman–Crippen LogP) is 5.95. The number of allylic oxidation sites excluding steroid dienone is 6. The van der Waals surface area contributed by atoms with E-state index in [0.717, 1.165) is 28.5 Å². The van der Waals surface area contributed by atoms with Crippen molar-refractivity contribution in [3.63, 3.8) is 0 Å². The lowest BCUT2D eigenvalue weighted by atomic mass is 9.87. The van der Waals surface area contributed by atoms with E-state index < -0.39 is 0 Å². The van der Waals surface area contributed by atoms with Crippen molar-refractivity contribution in [3.8, 4) is 0 Å². The first-order chi connectivity index (χ1) is 13.9. The number of aromatic nitrogens is 2. The fourth-order valence-electron chi connectivity index (χ4n) is 3.47. The molecule has 0 radical (unpaired) electrons. The SMILES string of the molecule is C\C=C/C=C(\C(=C(/C)CC)c1cccc(C)c1)c1ccc2c(N)nc(N)nc2c1. The molecule has 0 aliphatic rings. The van der Waals surface area contributed by atoms with E-state index in [1.54, 1.807) is 0 Å². The van der Waals surface area contributed by atoms with Gasteiger partial charge in [-0.2, -0.15) is 4.98 Å².